The highest BCUT2D eigenvalue weighted by Crippen LogP contribution is 2.11. The molecule has 0 atom stereocenters. The number of aromatic nitrogens is 3. The van der Waals surface area contributed by atoms with Crippen LogP contribution in [0.4, 0.5) is 0 Å². The lowest BCUT2D eigenvalue weighted by molar-refractivity contribution is -0.125. The molecule has 2 amide bonds. The van der Waals surface area contributed by atoms with Crippen molar-refractivity contribution in [1.29, 1.82) is 0 Å². The normalized spacial score (nSPS) is 11.2. The van der Waals surface area contributed by atoms with Crippen molar-refractivity contribution in [2.75, 3.05) is 6.54 Å². The molecule has 0 saturated heterocycles. The number of hydrogen-bond acceptors (Lipinski definition) is 4. The number of nitrogens with zero attached hydrogens (tertiary/aromatic N) is 2. The molecule has 0 aliphatic carbocycles. The number of nitrogens with one attached hydrogen (secondary N) is 2. The molecule has 1 aromatic heterocycles. The van der Waals surface area contributed by atoms with Gasteiger partial charge in [0.2, 0.25) is 11.7 Å². The van der Waals surface area contributed by atoms with Crippen LogP contribution in [0, 0.1) is 5.41 Å². The van der Waals surface area contributed by atoms with Crippen LogP contribution in [0.1, 0.15) is 37.2 Å². The van der Waals surface area contributed by atoms with Gasteiger partial charge in [0, 0.05) is 13.0 Å². The fourth-order valence-electron chi connectivity index (χ4n) is 1.02. The van der Waals surface area contributed by atoms with Gasteiger partial charge in [-0.1, -0.05) is 6.92 Å². The van der Waals surface area contributed by atoms with E-state index in [0.717, 1.165) is 0 Å². The van der Waals surface area contributed by atoms with E-state index in [9.17, 15) is 9.59 Å². The summed E-state index contributed by atoms with van der Waals surface area (Å²) in [5.41, 5.74) is 4.40. The molecule has 7 heteroatoms. The first kappa shape index (κ1) is 13.1. The van der Waals surface area contributed by atoms with Gasteiger partial charge in [-0.25, -0.2) is 4.98 Å². The van der Waals surface area contributed by atoms with Crippen LogP contribution in [0.3, 0.4) is 0 Å². The van der Waals surface area contributed by atoms with Gasteiger partial charge in [0.05, 0.1) is 5.41 Å². The molecule has 0 aromatic carbocycles. The molecule has 0 spiro atoms. The summed E-state index contributed by atoms with van der Waals surface area (Å²) in [5.74, 6) is -0.177. The molecule has 0 fully saturated rings. The van der Waals surface area contributed by atoms with Crippen molar-refractivity contribution in [1.82, 2.24) is 20.5 Å². The van der Waals surface area contributed by atoms with E-state index in [1.54, 1.807) is 13.8 Å². The summed E-state index contributed by atoms with van der Waals surface area (Å²) in [6.45, 7) is 5.37. The Morgan fingerprint density at radius 3 is 2.59 bits per heavy atom. The van der Waals surface area contributed by atoms with Crippen molar-refractivity contribution in [3.63, 3.8) is 0 Å². The van der Waals surface area contributed by atoms with Gasteiger partial charge in [-0.15, -0.1) is 5.10 Å². The molecule has 0 unspecified atom stereocenters. The van der Waals surface area contributed by atoms with E-state index in [4.69, 9.17) is 5.73 Å². The number of primary amides is 1. The molecule has 1 heterocycles. The van der Waals surface area contributed by atoms with Gasteiger partial charge in [-0.05, 0) is 13.8 Å². The van der Waals surface area contributed by atoms with Gasteiger partial charge in [0.1, 0.15) is 5.82 Å². The molecule has 4 N–H and O–H groups in total. The molecule has 0 aliphatic rings. The quantitative estimate of drug-likeness (QED) is 0.649. The standard InChI is InChI=1S/C10H17N5O2/c1-4-6-13-7(15-14-6)8(16)12-5-10(2,3)9(11)17/h4-5H2,1-3H3,(H2,11,17)(H,12,16)(H,13,14,15). The Balaban J connectivity index is 2.58. The zero-order valence-electron chi connectivity index (χ0n) is 10.2. The minimum absolute atomic E-state index is 0.0714. The molecule has 0 radical (unpaired) electrons. The van der Waals surface area contributed by atoms with Gasteiger partial charge in [-0.3, -0.25) is 14.7 Å². The minimum Gasteiger partial charge on any atom is -0.369 e. The van der Waals surface area contributed by atoms with Crippen molar-refractivity contribution >= 4 is 11.8 Å². The summed E-state index contributed by atoms with van der Waals surface area (Å²) >= 11 is 0. The second-order valence-electron chi connectivity index (χ2n) is 4.39. The Bertz CT molecular complexity index is 424. The van der Waals surface area contributed by atoms with E-state index in [2.05, 4.69) is 20.5 Å². The molecule has 0 aliphatic heterocycles. The molecule has 94 valence electrons. The largest absolute Gasteiger partial charge is 0.369 e. The second kappa shape index (κ2) is 4.94. The number of nitrogens with two attached hydrogens (primary N) is 1. The maximum Gasteiger partial charge on any atom is 0.290 e. The van der Waals surface area contributed by atoms with Crippen LogP contribution in [0.15, 0.2) is 0 Å². The third-order valence-electron chi connectivity index (χ3n) is 2.43. The Labute approximate surface area is 99.2 Å². The smallest absolute Gasteiger partial charge is 0.290 e. The highest BCUT2D eigenvalue weighted by molar-refractivity contribution is 5.91. The maximum absolute atomic E-state index is 11.6. The Hall–Kier alpha value is -1.92. The van der Waals surface area contributed by atoms with E-state index in [1.807, 2.05) is 6.92 Å². The summed E-state index contributed by atoms with van der Waals surface area (Å²) < 4.78 is 0. The summed E-state index contributed by atoms with van der Waals surface area (Å²) in [4.78, 5) is 26.7. The van der Waals surface area contributed by atoms with Crippen LogP contribution < -0.4 is 11.1 Å². The summed E-state index contributed by atoms with van der Waals surface area (Å²) in [6.07, 6.45) is 0.674. The number of H-pyrrole nitrogens is 1. The lowest BCUT2D eigenvalue weighted by Crippen LogP contribution is -2.42. The minimum atomic E-state index is -0.792. The number of aromatic amines is 1. The predicted molar refractivity (Wildman–Crippen MR) is 61.1 cm³/mol. The van der Waals surface area contributed by atoms with Gasteiger partial charge >= 0.3 is 0 Å². The van der Waals surface area contributed by atoms with E-state index in [-0.39, 0.29) is 12.4 Å². The van der Waals surface area contributed by atoms with E-state index >= 15 is 0 Å². The highest BCUT2D eigenvalue weighted by atomic mass is 16.2. The number of amides is 2. The number of hydrogen-bond donors (Lipinski definition) is 3. The molecule has 0 saturated carbocycles. The SMILES string of the molecule is CCc1nc(C(=O)NCC(C)(C)C(N)=O)n[nH]1. The Kier molecular flexibility index (Phi) is 3.82. The first-order valence-electron chi connectivity index (χ1n) is 5.36. The average molecular weight is 239 g/mol. The molecule has 7 nitrogen and oxygen atoms in total. The summed E-state index contributed by atoms with van der Waals surface area (Å²) in [6, 6.07) is 0. The van der Waals surface area contributed by atoms with Crippen molar-refractivity contribution < 1.29 is 9.59 Å². The van der Waals surface area contributed by atoms with Crippen molar-refractivity contribution in [3.8, 4) is 0 Å². The fourth-order valence-corrected chi connectivity index (χ4v) is 1.02. The lowest BCUT2D eigenvalue weighted by atomic mass is 9.93. The molecule has 1 rings (SSSR count). The Morgan fingerprint density at radius 1 is 1.47 bits per heavy atom. The van der Waals surface area contributed by atoms with Crippen LogP contribution >= 0.6 is 0 Å². The van der Waals surface area contributed by atoms with Crippen molar-refractivity contribution in [2.24, 2.45) is 11.1 Å². The van der Waals surface area contributed by atoms with E-state index < -0.39 is 17.2 Å². The monoisotopic (exact) mass is 239 g/mol. The summed E-state index contributed by atoms with van der Waals surface area (Å²) in [7, 11) is 0. The molecular formula is C10H17N5O2. The highest BCUT2D eigenvalue weighted by Gasteiger charge is 2.26. The number of aryl methyl sites for hydroxylation is 1. The summed E-state index contributed by atoms with van der Waals surface area (Å²) in [5, 5.41) is 8.98. The topological polar surface area (TPSA) is 114 Å². The van der Waals surface area contributed by atoms with Crippen molar-refractivity contribution in [2.45, 2.75) is 27.2 Å². The van der Waals surface area contributed by atoms with E-state index in [0.29, 0.717) is 12.2 Å². The predicted octanol–water partition coefficient (Wildman–Crippen LogP) is -0.392. The van der Waals surface area contributed by atoms with Gasteiger partial charge in [0.15, 0.2) is 0 Å². The zero-order valence-corrected chi connectivity index (χ0v) is 10.2. The zero-order chi connectivity index (χ0) is 13.1. The van der Waals surface area contributed by atoms with Crippen LogP contribution in [-0.4, -0.2) is 33.5 Å². The van der Waals surface area contributed by atoms with Gasteiger partial charge in [-0.2, -0.15) is 0 Å². The van der Waals surface area contributed by atoms with Gasteiger partial charge in [0.25, 0.3) is 5.91 Å². The first-order valence-corrected chi connectivity index (χ1v) is 5.36. The average Bonchev–Trinajstić information content (AvgIpc) is 2.74. The molecular weight excluding hydrogens is 222 g/mol. The molecule has 0 bridgehead atoms. The van der Waals surface area contributed by atoms with Crippen LogP contribution in [-0.2, 0) is 11.2 Å². The van der Waals surface area contributed by atoms with Gasteiger partial charge < -0.3 is 11.1 Å². The van der Waals surface area contributed by atoms with E-state index in [1.165, 1.54) is 0 Å². The molecule has 17 heavy (non-hydrogen) atoms. The fraction of sp³-hybridized carbons (Fsp3) is 0.600. The first-order chi connectivity index (χ1) is 7.86. The number of carbonyl (C=O) groups is 2. The van der Waals surface area contributed by atoms with Crippen LogP contribution in [0.25, 0.3) is 0 Å². The Morgan fingerprint density at radius 2 is 2.12 bits per heavy atom. The number of rotatable bonds is 5. The van der Waals surface area contributed by atoms with Crippen LogP contribution in [0.5, 0.6) is 0 Å². The third-order valence-corrected chi connectivity index (χ3v) is 2.43. The number of carbonyl (C=O) groups excluding carboxylic acids is 2. The van der Waals surface area contributed by atoms with Crippen molar-refractivity contribution in [3.05, 3.63) is 11.6 Å². The molecule has 1 aromatic rings. The third kappa shape index (κ3) is 3.27. The maximum atomic E-state index is 11.6. The lowest BCUT2D eigenvalue weighted by Gasteiger charge is -2.19. The van der Waals surface area contributed by atoms with Crippen LogP contribution in [0.2, 0.25) is 0 Å². The second-order valence-corrected chi connectivity index (χ2v) is 4.39.